The van der Waals surface area contributed by atoms with E-state index in [1.54, 1.807) is 6.07 Å². The molecule has 2 aromatic carbocycles. The number of carbonyl (C=O) groups excluding carboxylic acids is 1. The molecule has 0 aliphatic rings. The van der Waals surface area contributed by atoms with Crippen LogP contribution in [0.4, 0.5) is 5.82 Å². The van der Waals surface area contributed by atoms with Gasteiger partial charge in [-0.05, 0) is 12.1 Å². The smallest absolute Gasteiger partial charge is 0.162 e. The van der Waals surface area contributed by atoms with Crippen molar-refractivity contribution in [2.24, 2.45) is 0 Å². The maximum Gasteiger partial charge on any atom is 0.162 e. The van der Waals surface area contributed by atoms with Gasteiger partial charge in [0.25, 0.3) is 0 Å². The number of carboxylic acids is 1. The molecule has 0 aliphatic carbocycles. The number of benzene rings is 2. The third kappa shape index (κ3) is 3.12. The number of aliphatic hydroxyl groups is 1. The van der Waals surface area contributed by atoms with E-state index >= 15 is 0 Å². The molecule has 0 fully saturated rings. The quantitative estimate of drug-likeness (QED) is 0.724. The Kier molecular flexibility index (Phi) is 4.16. The number of aliphatic carboxylic acids is 1. The summed E-state index contributed by atoms with van der Waals surface area (Å²) in [5.41, 5.74) is 1.49. The van der Waals surface area contributed by atoms with Gasteiger partial charge in [0, 0.05) is 10.9 Å². The highest BCUT2D eigenvalue weighted by Gasteiger charge is 2.14. The summed E-state index contributed by atoms with van der Waals surface area (Å²) < 4.78 is 0. The zero-order valence-electron chi connectivity index (χ0n) is 12.1. The third-order valence-corrected chi connectivity index (χ3v) is 3.41. The Labute approximate surface area is 132 Å². The van der Waals surface area contributed by atoms with Gasteiger partial charge in [0.15, 0.2) is 5.82 Å². The van der Waals surface area contributed by atoms with Gasteiger partial charge in [0.1, 0.15) is 5.82 Å². The number of fused-ring (bicyclic) bond motifs is 1. The first kappa shape index (κ1) is 14.9. The van der Waals surface area contributed by atoms with Crippen LogP contribution in [0.25, 0.3) is 22.3 Å². The van der Waals surface area contributed by atoms with Crippen LogP contribution in [0.5, 0.6) is 0 Å². The summed E-state index contributed by atoms with van der Waals surface area (Å²) in [5, 5.41) is 23.6. The zero-order valence-corrected chi connectivity index (χ0v) is 12.1. The summed E-state index contributed by atoms with van der Waals surface area (Å²) in [7, 11) is 0. The zero-order chi connectivity index (χ0) is 16.2. The molecule has 0 unspecified atom stereocenters. The number of aliphatic hydroxyl groups excluding tert-OH is 1. The van der Waals surface area contributed by atoms with Crippen molar-refractivity contribution >= 4 is 22.7 Å². The predicted molar refractivity (Wildman–Crippen MR) is 84.5 cm³/mol. The molecule has 0 aliphatic heterocycles. The van der Waals surface area contributed by atoms with E-state index in [4.69, 9.17) is 0 Å². The van der Waals surface area contributed by atoms with E-state index in [0.717, 1.165) is 5.56 Å². The molecule has 1 heterocycles. The Morgan fingerprint density at radius 1 is 1.09 bits per heavy atom. The fraction of sp³-hybridized carbons (Fsp3) is 0.118. The monoisotopic (exact) mass is 308 g/mol. The van der Waals surface area contributed by atoms with Crippen molar-refractivity contribution in [2.45, 2.75) is 6.04 Å². The normalized spacial score (nSPS) is 12.0. The average molecular weight is 308 g/mol. The average Bonchev–Trinajstić information content (AvgIpc) is 2.59. The van der Waals surface area contributed by atoms with Crippen molar-refractivity contribution in [1.82, 2.24) is 9.97 Å². The van der Waals surface area contributed by atoms with Crippen molar-refractivity contribution in [2.75, 3.05) is 11.9 Å². The number of nitrogens with zero attached hydrogens (tertiary/aromatic N) is 2. The molecule has 1 aromatic heterocycles. The first-order valence-corrected chi connectivity index (χ1v) is 7.09. The molecule has 1 atom stereocenters. The molecule has 116 valence electrons. The minimum Gasteiger partial charge on any atom is -0.548 e. The lowest BCUT2D eigenvalue weighted by Crippen LogP contribution is -2.43. The van der Waals surface area contributed by atoms with Crippen molar-refractivity contribution in [3.63, 3.8) is 0 Å². The number of carbonyl (C=O) groups is 1. The molecular formula is C17H14N3O3-. The fourth-order valence-corrected chi connectivity index (χ4v) is 2.25. The number of anilines is 1. The number of hydrogen-bond acceptors (Lipinski definition) is 6. The number of hydrogen-bond donors (Lipinski definition) is 2. The lowest BCUT2D eigenvalue weighted by molar-refractivity contribution is -0.307. The Bertz CT molecular complexity index is 837. The van der Waals surface area contributed by atoms with Gasteiger partial charge >= 0.3 is 0 Å². The molecule has 0 bridgehead atoms. The summed E-state index contributed by atoms with van der Waals surface area (Å²) in [6.07, 6.45) is 0. The molecule has 0 saturated heterocycles. The molecule has 0 saturated carbocycles. The minimum atomic E-state index is -1.39. The van der Waals surface area contributed by atoms with E-state index < -0.39 is 18.6 Å². The standard InChI is InChI=1S/C17H15N3O3/c21-10-14(17(22)23)19-16-12-8-4-5-9-13(12)18-15(20-16)11-6-2-1-3-7-11/h1-9,14,21H,10H2,(H,22,23)(H,18,19,20)/p-1/t14-/m1/s1. The Morgan fingerprint density at radius 2 is 1.78 bits per heavy atom. The summed E-state index contributed by atoms with van der Waals surface area (Å²) in [5.74, 6) is -0.573. The Balaban J connectivity index is 2.13. The number of rotatable bonds is 5. The second kappa shape index (κ2) is 6.41. The number of carboxylic acid groups (broad SMARTS) is 1. The van der Waals surface area contributed by atoms with Crippen LogP contribution >= 0.6 is 0 Å². The highest BCUT2D eigenvalue weighted by atomic mass is 16.4. The summed E-state index contributed by atoms with van der Waals surface area (Å²) in [4.78, 5) is 20.0. The van der Waals surface area contributed by atoms with E-state index in [9.17, 15) is 15.0 Å². The summed E-state index contributed by atoms with van der Waals surface area (Å²) in [6, 6.07) is 15.4. The van der Waals surface area contributed by atoms with Crippen molar-refractivity contribution in [1.29, 1.82) is 0 Å². The molecule has 3 rings (SSSR count). The second-order valence-corrected chi connectivity index (χ2v) is 4.98. The van der Waals surface area contributed by atoms with Crippen LogP contribution in [0.3, 0.4) is 0 Å². The maximum atomic E-state index is 11.0. The van der Waals surface area contributed by atoms with Gasteiger partial charge in [-0.2, -0.15) is 0 Å². The van der Waals surface area contributed by atoms with E-state index in [-0.39, 0.29) is 0 Å². The van der Waals surface area contributed by atoms with Gasteiger partial charge in [0.05, 0.1) is 24.1 Å². The largest absolute Gasteiger partial charge is 0.548 e. The Morgan fingerprint density at radius 3 is 2.48 bits per heavy atom. The first-order chi connectivity index (χ1) is 11.2. The molecule has 0 spiro atoms. The van der Waals surface area contributed by atoms with Gasteiger partial charge in [0.2, 0.25) is 0 Å². The van der Waals surface area contributed by atoms with Crippen LogP contribution in [0, 0.1) is 0 Å². The maximum absolute atomic E-state index is 11.0. The van der Waals surface area contributed by atoms with E-state index in [1.165, 1.54) is 0 Å². The Hall–Kier alpha value is -2.99. The van der Waals surface area contributed by atoms with Crippen LogP contribution in [-0.4, -0.2) is 33.7 Å². The lowest BCUT2D eigenvalue weighted by Gasteiger charge is -2.19. The fourth-order valence-electron chi connectivity index (χ4n) is 2.25. The molecule has 2 N–H and O–H groups in total. The van der Waals surface area contributed by atoms with Gasteiger partial charge < -0.3 is 20.3 Å². The molecule has 3 aromatic rings. The van der Waals surface area contributed by atoms with E-state index in [2.05, 4.69) is 15.3 Å². The van der Waals surface area contributed by atoms with E-state index in [1.807, 2.05) is 48.5 Å². The van der Waals surface area contributed by atoms with Crippen LogP contribution in [-0.2, 0) is 4.79 Å². The number of para-hydroxylation sites is 1. The minimum absolute atomic E-state index is 0.345. The van der Waals surface area contributed by atoms with Crippen LogP contribution in [0.1, 0.15) is 0 Å². The number of aromatic nitrogens is 2. The van der Waals surface area contributed by atoms with Gasteiger partial charge in [-0.15, -0.1) is 0 Å². The molecule has 23 heavy (non-hydrogen) atoms. The molecule has 6 nitrogen and oxygen atoms in total. The van der Waals surface area contributed by atoms with Crippen LogP contribution < -0.4 is 10.4 Å². The summed E-state index contributed by atoms with van der Waals surface area (Å²) >= 11 is 0. The topological polar surface area (TPSA) is 98.2 Å². The van der Waals surface area contributed by atoms with Crippen molar-refractivity contribution < 1.29 is 15.0 Å². The van der Waals surface area contributed by atoms with E-state index in [0.29, 0.717) is 22.5 Å². The van der Waals surface area contributed by atoms with Crippen molar-refractivity contribution in [3.8, 4) is 11.4 Å². The molecular weight excluding hydrogens is 294 g/mol. The van der Waals surface area contributed by atoms with Gasteiger partial charge in [-0.25, -0.2) is 9.97 Å². The van der Waals surface area contributed by atoms with Gasteiger partial charge in [-0.3, -0.25) is 0 Å². The molecule has 0 radical (unpaired) electrons. The first-order valence-electron chi connectivity index (χ1n) is 7.09. The lowest BCUT2D eigenvalue weighted by atomic mass is 10.1. The SMILES string of the molecule is O=C([O-])[C@@H](CO)Nc1nc(-c2ccccc2)nc2ccccc12. The molecule has 6 heteroatoms. The number of nitrogens with one attached hydrogen (secondary N) is 1. The summed E-state index contributed by atoms with van der Waals surface area (Å²) in [6.45, 7) is -0.596. The van der Waals surface area contributed by atoms with Crippen LogP contribution in [0.2, 0.25) is 0 Å². The second-order valence-electron chi connectivity index (χ2n) is 4.98. The molecule has 0 amide bonds. The third-order valence-electron chi connectivity index (χ3n) is 3.41. The predicted octanol–water partition coefficient (Wildman–Crippen LogP) is 0.819. The highest BCUT2D eigenvalue weighted by Crippen LogP contribution is 2.25. The highest BCUT2D eigenvalue weighted by molar-refractivity contribution is 5.92. The van der Waals surface area contributed by atoms with Gasteiger partial charge in [-0.1, -0.05) is 42.5 Å². The van der Waals surface area contributed by atoms with Crippen LogP contribution in [0.15, 0.2) is 54.6 Å². The van der Waals surface area contributed by atoms with Crippen molar-refractivity contribution in [3.05, 3.63) is 54.6 Å².